The fourth-order valence-electron chi connectivity index (χ4n) is 2.77. The van der Waals surface area contributed by atoms with Gasteiger partial charge in [-0.2, -0.15) is 0 Å². The van der Waals surface area contributed by atoms with Crippen LogP contribution in [-0.2, 0) is 0 Å². The lowest BCUT2D eigenvalue weighted by Crippen LogP contribution is -1.89. The average molecular weight is 232 g/mol. The summed E-state index contributed by atoms with van der Waals surface area (Å²) in [5.41, 5.74) is 8.95. The highest BCUT2D eigenvalue weighted by atomic mass is 14.3. The van der Waals surface area contributed by atoms with Crippen LogP contribution in [0.4, 0.5) is 0 Å². The summed E-state index contributed by atoms with van der Waals surface area (Å²) in [4.78, 5) is 0. The van der Waals surface area contributed by atoms with E-state index in [-0.39, 0.29) is 0 Å². The van der Waals surface area contributed by atoms with Gasteiger partial charge in [-0.1, -0.05) is 55.1 Å². The minimum atomic E-state index is 1.15. The molecule has 1 aliphatic carbocycles. The van der Waals surface area contributed by atoms with Crippen molar-refractivity contribution >= 4 is 11.6 Å². The second kappa shape index (κ2) is 3.99. The summed E-state index contributed by atoms with van der Waals surface area (Å²) in [7, 11) is 0. The smallest absolute Gasteiger partial charge is 0.00298 e. The molecule has 0 radical (unpaired) electrons. The van der Waals surface area contributed by atoms with Crippen molar-refractivity contribution in [2.75, 3.05) is 0 Å². The van der Waals surface area contributed by atoms with Crippen LogP contribution in [0.25, 0.3) is 22.8 Å². The Labute approximate surface area is 108 Å². The Morgan fingerprint density at radius 1 is 0.944 bits per heavy atom. The third-order valence-corrected chi connectivity index (χ3v) is 3.64. The number of rotatable bonds is 1. The predicted molar refractivity (Wildman–Crippen MR) is 79.5 cm³/mol. The van der Waals surface area contributed by atoms with Crippen molar-refractivity contribution in [1.82, 2.24) is 0 Å². The highest BCUT2D eigenvalue weighted by Gasteiger charge is 2.23. The highest BCUT2D eigenvalue weighted by Crippen LogP contribution is 2.45. The third-order valence-electron chi connectivity index (χ3n) is 3.64. The molecule has 0 atom stereocenters. The normalized spacial score (nSPS) is 12.9. The maximum atomic E-state index is 4.29. The van der Waals surface area contributed by atoms with Crippen molar-refractivity contribution in [3.8, 4) is 11.1 Å². The zero-order chi connectivity index (χ0) is 12.7. The summed E-state index contributed by atoms with van der Waals surface area (Å²) in [6.45, 7) is 8.50. The van der Waals surface area contributed by atoms with E-state index in [0.29, 0.717) is 0 Å². The van der Waals surface area contributed by atoms with Crippen LogP contribution in [0.5, 0.6) is 0 Å². The van der Waals surface area contributed by atoms with Gasteiger partial charge in [0.1, 0.15) is 0 Å². The largest absolute Gasteiger partial charge is 0.0905 e. The molecule has 3 rings (SSSR count). The van der Waals surface area contributed by atoms with E-state index in [4.69, 9.17) is 0 Å². The molecule has 0 N–H and O–H groups in total. The molecule has 2 aromatic rings. The van der Waals surface area contributed by atoms with Crippen molar-refractivity contribution in [2.45, 2.75) is 13.8 Å². The number of fused-ring (bicyclic) bond motifs is 3. The van der Waals surface area contributed by atoms with E-state index in [1.54, 1.807) is 0 Å². The van der Waals surface area contributed by atoms with Gasteiger partial charge in [-0.15, -0.1) is 0 Å². The van der Waals surface area contributed by atoms with Crippen LogP contribution >= 0.6 is 0 Å². The Balaban J connectivity index is 2.37. The molecule has 0 amide bonds. The van der Waals surface area contributed by atoms with Crippen LogP contribution in [0.3, 0.4) is 0 Å². The Kier molecular flexibility index (Phi) is 2.45. The van der Waals surface area contributed by atoms with Gasteiger partial charge >= 0.3 is 0 Å². The van der Waals surface area contributed by atoms with E-state index in [1.165, 1.54) is 33.4 Å². The topological polar surface area (TPSA) is 0 Å². The Bertz CT molecular complexity index is 672. The van der Waals surface area contributed by atoms with E-state index in [2.05, 4.69) is 69.0 Å². The monoisotopic (exact) mass is 232 g/mol. The van der Waals surface area contributed by atoms with Gasteiger partial charge < -0.3 is 0 Å². The molecule has 2 aromatic carbocycles. The molecule has 0 aromatic heterocycles. The zero-order valence-electron chi connectivity index (χ0n) is 10.8. The van der Waals surface area contributed by atoms with Crippen LogP contribution in [-0.4, -0.2) is 0 Å². The second-order valence-electron chi connectivity index (χ2n) is 4.74. The quantitative estimate of drug-likeness (QED) is 0.549. The van der Waals surface area contributed by atoms with E-state index < -0.39 is 0 Å². The van der Waals surface area contributed by atoms with Gasteiger partial charge in [0, 0.05) is 0 Å². The Morgan fingerprint density at radius 2 is 1.67 bits per heavy atom. The van der Waals surface area contributed by atoms with Crippen LogP contribution < -0.4 is 0 Å². The molecule has 0 fully saturated rings. The lowest BCUT2D eigenvalue weighted by molar-refractivity contribution is 1.43. The van der Waals surface area contributed by atoms with Crippen LogP contribution in [0, 0.1) is 6.92 Å². The van der Waals surface area contributed by atoms with Gasteiger partial charge in [0.05, 0.1) is 0 Å². The van der Waals surface area contributed by atoms with E-state index in [1.807, 2.05) is 0 Å². The molecule has 0 nitrogen and oxygen atoms in total. The molecule has 0 heteroatoms. The van der Waals surface area contributed by atoms with Crippen LogP contribution in [0.2, 0.25) is 0 Å². The summed E-state index contributed by atoms with van der Waals surface area (Å²) in [6, 6.07) is 12.9. The first-order valence-electron chi connectivity index (χ1n) is 6.29. The molecule has 0 heterocycles. The molecule has 0 bridgehead atoms. The Hall–Kier alpha value is -2.08. The second-order valence-corrected chi connectivity index (χ2v) is 4.74. The fraction of sp³-hybridized carbons (Fsp3) is 0.111. The summed E-state index contributed by atoms with van der Waals surface area (Å²) >= 11 is 0. The molecule has 88 valence electrons. The molecule has 1 aliphatic rings. The van der Waals surface area contributed by atoms with Gasteiger partial charge in [-0.25, -0.2) is 0 Å². The molecule has 0 unspecified atom stereocenters. The molecular formula is C18H16. The van der Waals surface area contributed by atoms with Gasteiger partial charge in [-0.05, 0) is 52.8 Å². The predicted octanol–water partition coefficient (Wildman–Crippen LogP) is 5.07. The minimum Gasteiger partial charge on any atom is -0.0905 e. The number of hydrogen-bond donors (Lipinski definition) is 0. The van der Waals surface area contributed by atoms with E-state index >= 15 is 0 Å². The first kappa shape index (κ1) is 11.0. The summed E-state index contributed by atoms with van der Waals surface area (Å²) in [5.74, 6) is 0. The molecule has 0 spiro atoms. The molecule has 0 saturated carbocycles. The van der Waals surface area contributed by atoms with Crippen molar-refractivity contribution in [3.63, 3.8) is 0 Å². The fourth-order valence-corrected chi connectivity index (χ4v) is 2.77. The number of benzene rings is 2. The summed E-state index contributed by atoms with van der Waals surface area (Å²) in [5, 5.41) is 0. The lowest BCUT2D eigenvalue weighted by atomic mass is 9.95. The maximum absolute atomic E-state index is 4.29. The third kappa shape index (κ3) is 1.39. The van der Waals surface area contributed by atoms with Crippen molar-refractivity contribution in [3.05, 3.63) is 71.3 Å². The van der Waals surface area contributed by atoms with E-state index in [9.17, 15) is 0 Å². The van der Waals surface area contributed by atoms with Crippen molar-refractivity contribution in [2.24, 2.45) is 0 Å². The minimum absolute atomic E-state index is 1.15. The molecule has 0 aliphatic heterocycles. The highest BCUT2D eigenvalue weighted by molar-refractivity contribution is 6.03. The lowest BCUT2D eigenvalue weighted by Gasteiger charge is -2.09. The SMILES string of the molecule is C=C1c2ccccc2-c2ccc(C)c(/C=C\C)c21. The number of aryl methyl sites for hydroxylation is 1. The first-order chi connectivity index (χ1) is 8.74. The average Bonchev–Trinajstić information content (AvgIpc) is 2.68. The molecular weight excluding hydrogens is 216 g/mol. The van der Waals surface area contributed by atoms with Crippen LogP contribution in [0.1, 0.15) is 29.2 Å². The standard InChI is InChI=1S/C18H16/c1-4-7-14-12(2)10-11-17-16-9-6-5-8-15(16)13(3)18(14)17/h4-11H,3H2,1-2H3/b7-4-. The molecule has 0 saturated heterocycles. The van der Waals surface area contributed by atoms with Gasteiger partial charge in [-0.3, -0.25) is 0 Å². The van der Waals surface area contributed by atoms with Crippen molar-refractivity contribution < 1.29 is 0 Å². The zero-order valence-corrected chi connectivity index (χ0v) is 10.8. The van der Waals surface area contributed by atoms with Gasteiger partial charge in [0.25, 0.3) is 0 Å². The van der Waals surface area contributed by atoms with Gasteiger partial charge in [0.15, 0.2) is 0 Å². The Morgan fingerprint density at radius 3 is 2.39 bits per heavy atom. The van der Waals surface area contributed by atoms with E-state index in [0.717, 1.165) is 5.57 Å². The first-order valence-corrected chi connectivity index (χ1v) is 6.29. The maximum Gasteiger partial charge on any atom is -0.00298 e. The van der Waals surface area contributed by atoms with Crippen LogP contribution in [0.15, 0.2) is 49.1 Å². The number of allylic oxidation sites excluding steroid dienone is 1. The summed E-state index contributed by atoms with van der Waals surface area (Å²) < 4.78 is 0. The summed E-state index contributed by atoms with van der Waals surface area (Å²) in [6.07, 6.45) is 4.28. The van der Waals surface area contributed by atoms with Gasteiger partial charge in [0.2, 0.25) is 0 Å². The van der Waals surface area contributed by atoms with Crippen molar-refractivity contribution in [1.29, 1.82) is 0 Å². The number of hydrogen-bond acceptors (Lipinski definition) is 0. The molecule has 18 heavy (non-hydrogen) atoms.